The lowest BCUT2D eigenvalue weighted by Crippen LogP contribution is -2.45. The first-order valence-corrected chi connectivity index (χ1v) is 10.6. The molecule has 1 saturated carbocycles. The largest absolute Gasteiger partial charge is 0.484 e. The molecule has 1 aliphatic carbocycles. The molecule has 1 saturated heterocycles. The summed E-state index contributed by atoms with van der Waals surface area (Å²) in [6.45, 7) is 2.25. The summed E-state index contributed by atoms with van der Waals surface area (Å²) in [5.41, 5.74) is -0.689. The van der Waals surface area contributed by atoms with Crippen LogP contribution >= 0.6 is 0 Å². The van der Waals surface area contributed by atoms with Crippen LogP contribution in [0.15, 0.2) is 24.3 Å². The molecule has 2 fully saturated rings. The summed E-state index contributed by atoms with van der Waals surface area (Å²) in [5.74, 6) is 0.142. The summed E-state index contributed by atoms with van der Waals surface area (Å²) in [7, 11) is 0. The van der Waals surface area contributed by atoms with Crippen molar-refractivity contribution < 1.29 is 32.5 Å². The Labute approximate surface area is 175 Å². The van der Waals surface area contributed by atoms with E-state index in [1.807, 2.05) is 0 Å². The normalized spacial score (nSPS) is 27.1. The van der Waals surface area contributed by atoms with E-state index in [-0.39, 0.29) is 11.7 Å². The second-order valence-electron chi connectivity index (χ2n) is 8.52. The number of hydrogen-bond acceptors (Lipinski definition) is 4. The van der Waals surface area contributed by atoms with Crippen molar-refractivity contribution in [2.45, 2.75) is 63.6 Å². The number of anilines is 1. The topological polar surface area (TPSA) is 59.0 Å². The fraction of sp³-hybridized carbons (Fsp3) is 0.682. The molecule has 0 bridgehead atoms. The minimum atomic E-state index is -4.39. The molecule has 1 N–H and O–H groups in total. The number of benzene rings is 1. The number of hydrogen-bond donors (Lipinski definition) is 1. The molecular formula is C22H30F3NO4. The highest BCUT2D eigenvalue weighted by atomic mass is 19.4. The van der Waals surface area contributed by atoms with Gasteiger partial charge in [0, 0.05) is 18.8 Å². The van der Waals surface area contributed by atoms with Gasteiger partial charge in [-0.15, -0.1) is 0 Å². The SMILES string of the molecule is CCCCOC[C@]1(O)CC[C@]2(CCN(c3ccc(OCC(F)(F)F)cc3)C2=O)CC1. The first-order valence-electron chi connectivity index (χ1n) is 10.6. The molecule has 8 heteroatoms. The summed E-state index contributed by atoms with van der Waals surface area (Å²) in [6, 6.07) is 6.13. The molecule has 1 amide bonds. The van der Waals surface area contributed by atoms with Crippen molar-refractivity contribution in [1.82, 2.24) is 0 Å². The third-order valence-electron chi connectivity index (χ3n) is 6.21. The smallest absolute Gasteiger partial charge is 0.422 e. The minimum Gasteiger partial charge on any atom is -0.484 e. The van der Waals surface area contributed by atoms with Gasteiger partial charge in [0.25, 0.3) is 0 Å². The Hall–Kier alpha value is -1.80. The Morgan fingerprint density at radius 3 is 2.37 bits per heavy atom. The van der Waals surface area contributed by atoms with Gasteiger partial charge in [-0.2, -0.15) is 13.2 Å². The van der Waals surface area contributed by atoms with E-state index in [0.717, 1.165) is 12.8 Å². The van der Waals surface area contributed by atoms with Gasteiger partial charge in [0.05, 0.1) is 17.6 Å². The van der Waals surface area contributed by atoms with E-state index >= 15 is 0 Å². The molecule has 1 aliphatic heterocycles. The Kier molecular flexibility index (Phi) is 6.97. The van der Waals surface area contributed by atoms with Gasteiger partial charge in [0.15, 0.2) is 6.61 Å². The number of unbranched alkanes of at least 4 members (excludes halogenated alkanes) is 1. The van der Waals surface area contributed by atoms with Gasteiger partial charge in [-0.25, -0.2) is 0 Å². The molecule has 1 spiro atoms. The molecule has 2 aliphatic rings. The van der Waals surface area contributed by atoms with E-state index in [0.29, 0.717) is 57.6 Å². The fourth-order valence-corrected chi connectivity index (χ4v) is 4.27. The lowest BCUT2D eigenvalue weighted by atomic mass is 9.68. The van der Waals surface area contributed by atoms with Crippen molar-refractivity contribution in [2.75, 3.05) is 31.3 Å². The van der Waals surface area contributed by atoms with Crippen molar-refractivity contribution in [3.8, 4) is 5.75 Å². The van der Waals surface area contributed by atoms with Crippen LogP contribution in [0, 0.1) is 5.41 Å². The van der Waals surface area contributed by atoms with Gasteiger partial charge in [-0.1, -0.05) is 13.3 Å². The summed E-state index contributed by atoms with van der Waals surface area (Å²) in [4.78, 5) is 14.9. The summed E-state index contributed by atoms with van der Waals surface area (Å²) >= 11 is 0. The number of carbonyl (C=O) groups is 1. The Morgan fingerprint density at radius 2 is 1.77 bits per heavy atom. The standard InChI is InChI=1S/C22H30F3NO4/c1-2-3-14-29-15-21(28)10-8-20(9-11-21)12-13-26(19(20)27)17-4-6-18(7-5-17)30-16-22(23,24)25/h4-7,28H,2-3,8-16H2,1H3/t20-,21+. The van der Waals surface area contributed by atoms with E-state index in [1.165, 1.54) is 12.1 Å². The van der Waals surface area contributed by atoms with Crippen LogP contribution in [0.3, 0.4) is 0 Å². The second-order valence-corrected chi connectivity index (χ2v) is 8.52. The second kappa shape index (κ2) is 9.14. The van der Waals surface area contributed by atoms with Crippen LogP contribution in [0.2, 0.25) is 0 Å². The van der Waals surface area contributed by atoms with Crippen molar-refractivity contribution in [2.24, 2.45) is 5.41 Å². The average Bonchev–Trinajstić information content (AvgIpc) is 3.03. The summed E-state index contributed by atoms with van der Waals surface area (Å²) in [6.07, 6.45) is 0.622. The monoisotopic (exact) mass is 429 g/mol. The number of carbonyl (C=O) groups excluding carboxylic acids is 1. The number of aliphatic hydroxyl groups is 1. The molecule has 5 nitrogen and oxygen atoms in total. The zero-order chi connectivity index (χ0) is 21.8. The lowest BCUT2D eigenvalue weighted by Gasteiger charge is -2.40. The average molecular weight is 429 g/mol. The van der Waals surface area contributed by atoms with Crippen LogP contribution in [-0.4, -0.2) is 49.2 Å². The highest BCUT2D eigenvalue weighted by Crippen LogP contribution is 2.48. The maximum atomic E-state index is 13.2. The Balaban J connectivity index is 1.56. The van der Waals surface area contributed by atoms with E-state index in [2.05, 4.69) is 6.92 Å². The van der Waals surface area contributed by atoms with Gasteiger partial charge < -0.3 is 19.5 Å². The third kappa shape index (κ3) is 5.46. The van der Waals surface area contributed by atoms with Gasteiger partial charge in [-0.05, 0) is 62.8 Å². The zero-order valence-corrected chi connectivity index (χ0v) is 17.3. The lowest BCUT2D eigenvalue weighted by molar-refractivity contribution is -0.153. The molecule has 168 valence electrons. The molecule has 3 rings (SSSR count). The third-order valence-corrected chi connectivity index (χ3v) is 6.21. The van der Waals surface area contributed by atoms with Gasteiger partial charge in [0.2, 0.25) is 5.91 Å². The molecule has 30 heavy (non-hydrogen) atoms. The quantitative estimate of drug-likeness (QED) is 0.620. The highest BCUT2D eigenvalue weighted by Gasteiger charge is 2.51. The zero-order valence-electron chi connectivity index (χ0n) is 17.3. The molecule has 0 aromatic heterocycles. The number of rotatable bonds is 8. The van der Waals surface area contributed by atoms with Crippen LogP contribution in [0.25, 0.3) is 0 Å². The number of ether oxygens (including phenoxy) is 2. The first kappa shape index (κ1) is 22.9. The molecule has 1 aromatic rings. The van der Waals surface area contributed by atoms with E-state index in [4.69, 9.17) is 9.47 Å². The molecule has 0 radical (unpaired) electrons. The highest BCUT2D eigenvalue weighted by molar-refractivity contribution is 6.00. The van der Waals surface area contributed by atoms with Crippen LogP contribution < -0.4 is 9.64 Å². The van der Waals surface area contributed by atoms with Gasteiger partial charge >= 0.3 is 6.18 Å². The number of alkyl halides is 3. The predicted octanol–water partition coefficient (Wildman–Crippen LogP) is 4.47. The Morgan fingerprint density at radius 1 is 1.10 bits per heavy atom. The molecule has 1 aromatic carbocycles. The van der Waals surface area contributed by atoms with Crippen molar-refractivity contribution in [3.05, 3.63) is 24.3 Å². The molecule has 0 unspecified atom stereocenters. The van der Waals surface area contributed by atoms with Crippen molar-refractivity contribution >= 4 is 11.6 Å². The molecule has 1 heterocycles. The van der Waals surface area contributed by atoms with Crippen LogP contribution in [0.4, 0.5) is 18.9 Å². The van der Waals surface area contributed by atoms with Crippen molar-refractivity contribution in [3.63, 3.8) is 0 Å². The number of nitrogens with zero attached hydrogens (tertiary/aromatic N) is 1. The van der Waals surface area contributed by atoms with Crippen LogP contribution in [0.5, 0.6) is 5.75 Å². The van der Waals surface area contributed by atoms with E-state index in [9.17, 15) is 23.1 Å². The maximum Gasteiger partial charge on any atom is 0.422 e. The van der Waals surface area contributed by atoms with Gasteiger partial charge in [-0.3, -0.25) is 4.79 Å². The van der Waals surface area contributed by atoms with Crippen molar-refractivity contribution in [1.29, 1.82) is 0 Å². The number of amides is 1. The van der Waals surface area contributed by atoms with Gasteiger partial charge in [0.1, 0.15) is 5.75 Å². The number of halogens is 3. The summed E-state index contributed by atoms with van der Waals surface area (Å²) < 4.78 is 47.2. The van der Waals surface area contributed by atoms with Crippen LogP contribution in [-0.2, 0) is 9.53 Å². The van der Waals surface area contributed by atoms with Crippen LogP contribution in [0.1, 0.15) is 51.9 Å². The molecule has 0 atom stereocenters. The summed E-state index contributed by atoms with van der Waals surface area (Å²) in [5, 5.41) is 10.8. The van der Waals surface area contributed by atoms with E-state index in [1.54, 1.807) is 17.0 Å². The fourth-order valence-electron chi connectivity index (χ4n) is 4.27. The van der Waals surface area contributed by atoms with E-state index < -0.39 is 23.8 Å². The minimum absolute atomic E-state index is 0.0282. The molecular weight excluding hydrogens is 399 g/mol. The predicted molar refractivity (Wildman–Crippen MR) is 107 cm³/mol. The first-order chi connectivity index (χ1) is 14.2. The maximum absolute atomic E-state index is 13.2. The Bertz CT molecular complexity index is 712.